The molecule has 0 unspecified atom stereocenters. The van der Waals surface area contributed by atoms with Crippen LogP contribution in [0.3, 0.4) is 0 Å². The summed E-state index contributed by atoms with van der Waals surface area (Å²) in [4.78, 5) is 12.7. The molecular weight excluding hydrogens is 425 g/mol. The lowest BCUT2D eigenvalue weighted by atomic mass is 10.1. The molecule has 0 radical (unpaired) electrons. The molecule has 3 aromatic rings. The molecule has 0 fully saturated rings. The maximum Gasteiger partial charge on any atom is 0.259 e. The highest BCUT2D eigenvalue weighted by Gasteiger charge is 2.13. The Bertz CT molecular complexity index is 878. The Morgan fingerprint density at radius 2 is 1.72 bits per heavy atom. The van der Waals surface area contributed by atoms with Crippen LogP contribution in [0.4, 0.5) is 5.69 Å². The molecule has 126 valence electrons. The standard InChI is InChI=1S/C21H18INO2/c1-15-13-17(22)11-12-19(15)23-21(24)18-9-5-6-10-20(18)25-14-16-7-3-2-4-8-16/h2-13H,14H2,1H3,(H,23,24). The van der Waals surface area contributed by atoms with E-state index in [1.165, 1.54) is 0 Å². The van der Waals surface area contributed by atoms with Crippen LogP contribution in [-0.2, 0) is 6.61 Å². The molecule has 0 aliphatic rings. The van der Waals surface area contributed by atoms with Gasteiger partial charge in [0.1, 0.15) is 12.4 Å². The van der Waals surface area contributed by atoms with E-state index in [4.69, 9.17) is 4.74 Å². The number of anilines is 1. The molecule has 3 nitrogen and oxygen atoms in total. The van der Waals surface area contributed by atoms with Gasteiger partial charge in [0.15, 0.2) is 0 Å². The van der Waals surface area contributed by atoms with Crippen molar-refractivity contribution in [2.45, 2.75) is 13.5 Å². The number of ether oxygens (including phenoxy) is 1. The Labute approximate surface area is 161 Å². The number of hydrogen-bond donors (Lipinski definition) is 1. The second-order valence-corrected chi connectivity index (χ2v) is 6.93. The van der Waals surface area contributed by atoms with Crippen LogP contribution in [-0.4, -0.2) is 5.91 Å². The van der Waals surface area contributed by atoms with Gasteiger partial charge in [-0.25, -0.2) is 0 Å². The van der Waals surface area contributed by atoms with Crippen LogP contribution in [0, 0.1) is 10.5 Å². The lowest BCUT2D eigenvalue weighted by Gasteiger charge is -2.13. The van der Waals surface area contributed by atoms with Crippen LogP contribution in [0.15, 0.2) is 72.8 Å². The van der Waals surface area contributed by atoms with Gasteiger partial charge in [0.05, 0.1) is 5.56 Å². The minimum absolute atomic E-state index is 0.173. The van der Waals surface area contributed by atoms with Crippen molar-refractivity contribution in [2.24, 2.45) is 0 Å². The van der Waals surface area contributed by atoms with Crippen molar-refractivity contribution in [3.8, 4) is 5.75 Å². The summed E-state index contributed by atoms with van der Waals surface area (Å²) in [5, 5.41) is 2.97. The third kappa shape index (κ3) is 4.60. The van der Waals surface area contributed by atoms with Crippen molar-refractivity contribution >= 4 is 34.2 Å². The predicted octanol–water partition coefficient (Wildman–Crippen LogP) is 5.43. The molecule has 25 heavy (non-hydrogen) atoms. The summed E-state index contributed by atoms with van der Waals surface area (Å²) in [5.41, 5.74) is 3.42. The van der Waals surface area contributed by atoms with Gasteiger partial charge in [0.2, 0.25) is 0 Å². The Morgan fingerprint density at radius 3 is 2.48 bits per heavy atom. The first-order valence-corrected chi connectivity index (χ1v) is 9.04. The summed E-state index contributed by atoms with van der Waals surface area (Å²) >= 11 is 2.26. The highest BCUT2D eigenvalue weighted by atomic mass is 127. The molecule has 0 aliphatic carbocycles. The van der Waals surface area contributed by atoms with E-state index in [0.29, 0.717) is 17.9 Å². The average molecular weight is 443 g/mol. The number of hydrogen-bond acceptors (Lipinski definition) is 2. The van der Waals surface area contributed by atoms with Crippen molar-refractivity contribution in [3.05, 3.63) is 93.1 Å². The minimum Gasteiger partial charge on any atom is -0.488 e. The van der Waals surface area contributed by atoms with E-state index in [9.17, 15) is 4.79 Å². The van der Waals surface area contributed by atoms with Crippen LogP contribution in [0.2, 0.25) is 0 Å². The fourth-order valence-corrected chi connectivity index (χ4v) is 3.12. The second-order valence-electron chi connectivity index (χ2n) is 5.68. The van der Waals surface area contributed by atoms with Gasteiger partial charge in [-0.2, -0.15) is 0 Å². The average Bonchev–Trinajstić information content (AvgIpc) is 2.63. The number of rotatable bonds is 5. The molecule has 0 heterocycles. The van der Waals surface area contributed by atoms with Gasteiger partial charge < -0.3 is 10.1 Å². The first kappa shape index (κ1) is 17.5. The van der Waals surface area contributed by atoms with Crippen LogP contribution in [0.1, 0.15) is 21.5 Å². The lowest BCUT2D eigenvalue weighted by Crippen LogP contribution is -2.14. The van der Waals surface area contributed by atoms with E-state index in [1.807, 2.05) is 73.7 Å². The number of carbonyl (C=O) groups excluding carboxylic acids is 1. The highest BCUT2D eigenvalue weighted by Crippen LogP contribution is 2.23. The van der Waals surface area contributed by atoms with Crippen LogP contribution in [0.5, 0.6) is 5.75 Å². The van der Waals surface area contributed by atoms with Gasteiger partial charge in [-0.05, 0) is 71.0 Å². The van der Waals surface area contributed by atoms with Gasteiger partial charge in [0.25, 0.3) is 5.91 Å². The van der Waals surface area contributed by atoms with Gasteiger partial charge in [-0.15, -0.1) is 0 Å². The summed E-state index contributed by atoms with van der Waals surface area (Å²) in [6.45, 7) is 2.41. The molecule has 1 N–H and O–H groups in total. The number of aryl methyl sites for hydroxylation is 1. The Hall–Kier alpha value is -2.34. The maximum absolute atomic E-state index is 12.7. The van der Waals surface area contributed by atoms with Gasteiger partial charge in [-0.1, -0.05) is 42.5 Å². The summed E-state index contributed by atoms with van der Waals surface area (Å²) in [6.07, 6.45) is 0. The summed E-state index contributed by atoms with van der Waals surface area (Å²) in [6, 6.07) is 23.1. The molecule has 0 saturated heterocycles. The van der Waals surface area contributed by atoms with Gasteiger partial charge >= 0.3 is 0 Å². The minimum atomic E-state index is -0.173. The number of benzene rings is 3. The third-order valence-electron chi connectivity index (χ3n) is 3.81. The summed E-state index contributed by atoms with van der Waals surface area (Å²) < 4.78 is 7.01. The largest absolute Gasteiger partial charge is 0.488 e. The zero-order valence-electron chi connectivity index (χ0n) is 13.8. The molecular formula is C21H18INO2. The molecule has 3 aromatic carbocycles. The Balaban J connectivity index is 1.76. The number of halogens is 1. The molecule has 0 saturated carbocycles. The van der Waals surface area contributed by atoms with Crippen molar-refractivity contribution in [1.29, 1.82) is 0 Å². The molecule has 0 atom stereocenters. The number of amides is 1. The first-order valence-electron chi connectivity index (χ1n) is 7.97. The Morgan fingerprint density at radius 1 is 1.00 bits per heavy atom. The molecule has 0 aromatic heterocycles. The fourth-order valence-electron chi connectivity index (χ4n) is 2.47. The van der Waals surface area contributed by atoms with E-state index in [1.54, 1.807) is 6.07 Å². The number of para-hydroxylation sites is 1. The van der Waals surface area contributed by atoms with Crippen LogP contribution >= 0.6 is 22.6 Å². The first-order chi connectivity index (χ1) is 12.1. The fraction of sp³-hybridized carbons (Fsp3) is 0.0952. The number of carbonyl (C=O) groups is 1. The molecule has 3 rings (SSSR count). The molecule has 0 aliphatic heterocycles. The predicted molar refractivity (Wildman–Crippen MR) is 109 cm³/mol. The van der Waals surface area contributed by atoms with Crippen molar-refractivity contribution in [1.82, 2.24) is 0 Å². The quantitative estimate of drug-likeness (QED) is 0.534. The van der Waals surface area contributed by atoms with E-state index in [0.717, 1.165) is 20.4 Å². The lowest BCUT2D eigenvalue weighted by molar-refractivity contribution is 0.102. The van der Waals surface area contributed by atoms with Crippen LogP contribution < -0.4 is 10.1 Å². The smallest absolute Gasteiger partial charge is 0.259 e. The zero-order valence-corrected chi connectivity index (χ0v) is 16.0. The van der Waals surface area contributed by atoms with Crippen LogP contribution in [0.25, 0.3) is 0 Å². The monoisotopic (exact) mass is 443 g/mol. The topological polar surface area (TPSA) is 38.3 Å². The number of nitrogens with one attached hydrogen (secondary N) is 1. The normalized spacial score (nSPS) is 10.3. The van der Waals surface area contributed by atoms with E-state index >= 15 is 0 Å². The van der Waals surface area contributed by atoms with Crippen molar-refractivity contribution < 1.29 is 9.53 Å². The van der Waals surface area contributed by atoms with Crippen molar-refractivity contribution in [2.75, 3.05) is 5.32 Å². The third-order valence-corrected chi connectivity index (χ3v) is 4.48. The van der Waals surface area contributed by atoms with Crippen molar-refractivity contribution in [3.63, 3.8) is 0 Å². The molecule has 4 heteroatoms. The summed E-state index contributed by atoms with van der Waals surface area (Å²) in [5.74, 6) is 0.403. The maximum atomic E-state index is 12.7. The van der Waals surface area contributed by atoms with E-state index < -0.39 is 0 Å². The van der Waals surface area contributed by atoms with E-state index in [2.05, 4.69) is 27.9 Å². The highest BCUT2D eigenvalue weighted by molar-refractivity contribution is 14.1. The summed E-state index contributed by atoms with van der Waals surface area (Å²) in [7, 11) is 0. The van der Waals surface area contributed by atoms with Gasteiger partial charge in [0, 0.05) is 9.26 Å². The molecule has 0 bridgehead atoms. The van der Waals surface area contributed by atoms with E-state index in [-0.39, 0.29) is 5.91 Å². The second kappa shape index (κ2) is 8.16. The SMILES string of the molecule is Cc1cc(I)ccc1NC(=O)c1ccccc1OCc1ccccc1. The Kier molecular flexibility index (Phi) is 5.71. The zero-order chi connectivity index (χ0) is 17.6. The van der Waals surface area contributed by atoms with Gasteiger partial charge in [-0.3, -0.25) is 4.79 Å². The molecule has 0 spiro atoms. The molecule has 1 amide bonds.